The molecule has 1 unspecified atom stereocenters. The number of nitrogens with zero attached hydrogens (tertiary/aromatic N) is 1. The molecule has 1 rings (SSSR count). The molecule has 1 amide bonds. The molecule has 0 spiro atoms. The van der Waals surface area contributed by atoms with Gasteiger partial charge in [-0.25, -0.2) is 0 Å². The first-order chi connectivity index (χ1) is 7.65. The van der Waals surface area contributed by atoms with Gasteiger partial charge in [-0.15, -0.1) is 0 Å². The van der Waals surface area contributed by atoms with E-state index in [1.54, 1.807) is 0 Å². The van der Waals surface area contributed by atoms with E-state index in [4.69, 9.17) is 10.00 Å². The van der Waals surface area contributed by atoms with Gasteiger partial charge in [0.05, 0.1) is 12.5 Å². The first-order valence-corrected chi connectivity index (χ1v) is 5.90. The summed E-state index contributed by atoms with van der Waals surface area (Å²) in [7, 11) is 0. The van der Waals surface area contributed by atoms with Gasteiger partial charge in [0.2, 0.25) is 5.91 Å². The molecule has 16 heavy (non-hydrogen) atoms. The number of hydrogen-bond donors (Lipinski definition) is 1. The zero-order valence-electron chi connectivity index (χ0n) is 10.0. The fourth-order valence-electron chi connectivity index (χ4n) is 1.90. The SMILES string of the molecule is CC(C)C(=O)NC(CC#N)C1CCOCC1. The highest BCUT2D eigenvalue weighted by atomic mass is 16.5. The highest BCUT2D eigenvalue weighted by molar-refractivity contribution is 5.78. The molecule has 0 aromatic carbocycles. The van der Waals surface area contributed by atoms with Gasteiger partial charge in [0.25, 0.3) is 0 Å². The predicted octanol–water partition coefficient (Wildman–Crippen LogP) is 1.47. The molecule has 0 aromatic rings. The molecule has 0 aromatic heterocycles. The summed E-state index contributed by atoms with van der Waals surface area (Å²) in [5, 5.41) is 11.8. The lowest BCUT2D eigenvalue weighted by atomic mass is 9.89. The third kappa shape index (κ3) is 3.82. The van der Waals surface area contributed by atoms with E-state index in [0.29, 0.717) is 12.3 Å². The molecule has 90 valence electrons. The summed E-state index contributed by atoms with van der Waals surface area (Å²) in [6.45, 7) is 5.21. The van der Waals surface area contributed by atoms with Crippen molar-refractivity contribution in [3.63, 3.8) is 0 Å². The Kier molecular flexibility index (Phi) is 5.27. The number of hydrogen-bond acceptors (Lipinski definition) is 3. The number of nitriles is 1. The average Bonchev–Trinajstić information content (AvgIpc) is 2.29. The first-order valence-electron chi connectivity index (χ1n) is 5.90. The summed E-state index contributed by atoms with van der Waals surface area (Å²) in [6, 6.07) is 2.14. The number of carbonyl (C=O) groups excluding carboxylic acids is 1. The maximum Gasteiger partial charge on any atom is 0.222 e. The molecule has 0 radical (unpaired) electrons. The van der Waals surface area contributed by atoms with Crippen molar-refractivity contribution in [3.8, 4) is 6.07 Å². The minimum absolute atomic E-state index is 0.0104. The second kappa shape index (κ2) is 6.49. The fraction of sp³-hybridized carbons (Fsp3) is 0.833. The Labute approximate surface area is 97.0 Å². The van der Waals surface area contributed by atoms with E-state index in [-0.39, 0.29) is 17.9 Å². The largest absolute Gasteiger partial charge is 0.381 e. The van der Waals surface area contributed by atoms with Gasteiger partial charge in [-0.05, 0) is 18.8 Å². The maximum atomic E-state index is 11.6. The van der Waals surface area contributed by atoms with Crippen LogP contribution in [0.2, 0.25) is 0 Å². The molecule has 1 atom stereocenters. The molecule has 0 aliphatic carbocycles. The van der Waals surface area contributed by atoms with Crippen LogP contribution in [0.4, 0.5) is 0 Å². The van der Waals surface area contributed by atoms with Gasteiger partial charge in [0.1, 0.15) is 0 Å². The zero-order chi connectivity index (χ0) is 12.0. The normalized spacial score (nSPS) is 19.1. The monoisotopic (exact) mass is 224 g/mol. The molecule has 1 fully saturated rings. The standard InChI is InChI=1S/C12H20N2O2/c1-9(2)12(15)14-11(3-6-13)10-4-7-16-8-5-10/h9-11H,3-5,7-8H2,1-2H3,(H,14,15). The Bertz CT molecular complexity index is 265. The molecule has 4 nitrogen and oxygen atoms in total. The average molecular weight is 224 g/mol. The van der Waals surface area contributed by atoms with Crippen LogP contribution in [0.15, 0.2) is 0 Å². The van der Waals surface area contributed by atoms with Gasteiger partial charge in [-0.1, -0.05) is 13.8 Å². The highest BCUT2D eigenvalue weighted by Gasteiger charge is 2.25. The van der Waals surface area contributed by atoms with Crippen molar-refractivity contribution in [2.24, 2.45) is 11.8 Å². The van der Waals surface area contributed by atoms with E-state index in [2.05, 4.69) is 11.4 Å². The number of nitrogens with one attached hydrogen (secondary N) is 1. The smallest absolute Gasteiger partial charge is 0.222 e. The number of ether oxygens (including phenoxy) is 1. The molecule has 4 heteroatoms. The topological polar surface area (TPSA) is 62.1 Å². The van der Waals surface area contributed by atoms with E-state index >= 15 is 0 Å². The molecule has 1 aliphatic rings. The van der Waals surface area contributed by atoms with Crippen LogP contribution in [0.25, 0.3) is 0 Å². The third-order valence-corrected chi connectivity index (χ3v) is 3.00. The molecule has 1 saturated heterocycles. The van der Waals surface area contributed by atoms with Crippen molar-refractivity contribution < 1.29 is 9.53 Å². The summed E-state index contributed by atoms with van der Waals surface area (Å²) in [5.41, 5.74) is 0. The number of amides is 1. The van der Waals surface area contributed by atoms with Crippen LogP contribution >= 0.6 is 0 Å². The molecule has 0 bridgehead atoms. The third-order valence-electron chi connectivity index (χ3n) is 3.00. The van der Waals surface area contributed by atoms with Crippen LogP contribution < -0.4 is 5.32 Å². The van der Waals surface area contributed by atoms with E-state index in [1.807, 2.05) is 13.8 Å². The van der Waals surface area contributed by atoms with Crippen LogP contribution in [-0.2, 0) is 9.53 Å². The lowest BCUT2D eigenvalue weighted by Gasteiger charge is -2.30. The van der Waals surface area contributed by atoms with Gasteiger partial charge in [-0.2, -0.15) is 5.26 Å². The highest BCUT2D eigenvalue weighted by Crippen LogP contribution is 2.20. The van der Waals surface area contributed by atoms with Crippen LogP contribution in [0.3, 0.4) is 0 Å². The van der Waals surface area contributed by atoms with Gasteiger partial charge in [-0.3, -0.25) is 4.79 Å². The van der Waals surface area contributed by atoms with Crippen LogP contribution in [-0.4, -0.2) is 25.2 Å². The van der Waals surface area contributed by atoms with Crippen molar-refractivity contribution >= 4 is 5.91 Å². The lowest BCUT2D eigenvalue weighted by molar-refractivity contribution is -0.125. The number of carbonyl (C=O) groups is 1. The fourth-order valence-corrected chi connectivity index (χ4v) is 1.90. The van der Waals surface area contributed by atoms with Gasteiger partial charge >= 0.3 is 0 Å². The molecular weight excluding hydrogens is 204 g/mol. The Balaban J connectivity index is 2.52. The van der Waals surface area contributed by atoms with Gasteiger partial charge in [0.15, 0.2) is 0 Å². The van der Waals surface area contributed by atoms with Crippen molar-refractivity contribution in [1.82, 2.24) is 5.32 Å². The molecule has 1 N–H and O–H groups in total. The predicted molar refractivity (Wildman–Crippen MR) is 60.5 cm³/mol. The Hall–Kier alpha value is -1.08. The van der Waals surface area contributed by atoms with Crippen LogP contribution in [0, 0.1) is 23.2 Å². The minimum atomic E-state index is -0.0268. The van der Waals surface area contributed by atoms with Gasteiger partial charge < -0.3 is 10.1 Å². The lowest BCUT2D eigenvalue weighted by Crippen LogP contribution is -2.43. The maximum absolute atomic E-state index is 11.6. The quantitative estimate of drug-likeness (QED) is 0.786. The summed E-state index contributed by atoms with van der Waals surface area (Å²) in [6.07, 6.45) is 2.26. The molecular formula is C12H20N2O2. The zero-order valence-corrected chi connectivity index (χ0v) is 10.0. The van der Waals surface area contributed by atoms with E-state index in [1.165, 1.54) is 0 Å². The Morgan fingerprint density at radius 1 is 1.50 bits per heavy atom. The second-order valence-corrected chi connectivity index (χ2v) is 4.58. The van der Waals surface area contributed by atoms with Crippen molar-refractivity contribution in [2.75, 3.05) is 13.2 Å². The Morgan fingerprint density at radius 3 is 2.62 bits per heavy atom. The summed E-state index contributed by atoms with van der Waals surface area (Å²) in [5.74, 6) is 0.392. The van der Waals surface area contributed by atoms with Crippen molar-refractivity contribution in [2.45, 2.75) is 39.2 Å². The molecule has 0 saturated carbocycles. The van der Waals surface area contributed by atoms with E-state index < -0.39 is 0 Å². The second-order valence-electron chi connectivity index (χ2n) is 4.58. The molecule has 1 heterocycles. The summed E-state index contributed by atoms with van der Waals surface area (Å²) < 4.78 is 5.28. The van der Waals surface area contributed by atoms with E-state index in [0.717, 1.165) is 26.1 Å². The van der Waals surface area contributed by atoms with Crippen LogP contribution in [0.5, 0.6) is 0 Å². The first kappa shape index (κ1) is 13.0. The van der Waals surface area contributed by atoms with Crippen molar-refractivity contribution in [3.05, 3.63) is 0 Å². The summed E-state index contributed by atoms with van der Waals surface area (Å²) in [4.78, 5) is 11.6. The minimum Gasteiger partial charge on any atom is -0.381 e. The van der Waals surface area contributed by atoms with Gasteiger partial charge in [0, 0.05) is 25.2 Å². The van der Waals surface area contributed by atoms with Crippen LogP contribution in [0.1, 0.15) is 33.1 Å². The molecule has 1 aliphatic heterocycles. The number of rotatable bonds is 4. The van der Waals surface area contributed by atoms with Crippen molar-refractivity contribution in [1.29, 1.82) is 5.26 Å². The summed E-state index contributed by atoms with van der Waals surface area (Å²) >= 11 is 0. The Morgan fingerprint density at radius 2 is 2.12 bits per heavy atom. The van der Waals surface area contributed by atoms with E-state index in [9.17, 15) is 4.79 Å².